The Kier molecular flexibility index (Phi) is 9.77. The number of benzene rings is 1. The van der Waals surface area contributed by atoms with Crippen LogP contribution in [0.5, 0.6) is 5.75 Å². The van der Waals surface area contributed by atoms with E-state index < -0.39 is 0 Å². The fourth-order valence-corrected chi connectivity index (χ4v) is 2.54. The second-order valence-electron chi connectivity index (χ2n) is 5.39. The van der Waals surface area contributed by atoms with Crippen LogP contribution in [0.2, 0.25) is 5.02 Å². The highest BCUT2D eigenvalue weighted by atomic mass is 35.5. The fraction of sp³-hybridized carbons (Fsp3) is 0.556. The maximum atomic E-state index is 12.0. The maximum absolute atomic E-state index is 12.0. The number of guanidine groups is 1. The highest BCUT2D eigenvalue weighted by Gasteiger charge is 2.09. The van der Waals surface area contributed by atoms with Crippen molar-refractivity contribution >= 4 is 23.5 Å². The van der Waals surface area contributed by atoms with E-state index in [1.165, 1.54) is 0 Å². The smallest absolute Gasteiger partial charge is 0.224 e. The van der Waals surface area contributed by atoms with Crippen LogP contribution in [-0.2, 0) is 11.3 Å². The first-order valence-corrected chi connectivity index (χ1v) is 9.05. The van der Waals surface area contributed by atoms with E-state index in [4.69, 9.17) is 16.3 Å². The van der Waals surface area contributed by atoms with E-state index in [0.717, 1.165) is 25.2 Å². The van der Waals surface area contributed by atoms with Crippen molar-refractivity contribution in [2.45, 2.75) is 33.7 Å². The van der Waals surface area contributed by atoms with E-state index in [2.05, 4.69) is 15.6 Å². The van der Waals surface area contributed by atoms with Crippen molar-refractivity contribution in [3.8, 4) is 5.75 Å². The topological polar surface area (TPSA) is 66.0 Å². The third-order valence-electron chi connectivity index (χ3n) is 3.75. The van der Waals surface area contributed by atoms with Gasteiger partial charge in [-0.05, 0) is 32.9 Å². The molecule has 7 heteroatoms. The Morgan fingerprint density at radius 2 is 1.96 bits per heavy atom. The van der Waals surface area contributed by atoms with Gasteiger partial charge in [0.2, 0.25) is 5.91 Å². The largest absolute Gasteiger partial charge is 0.496 e. The molecule has 0 aliphatic rings. The molecule has 0 bridgehead atoms. The quantitative estimate of drug-likeness (QED) is 0.519. The van der Waals surface area contributed by atoms with Crippen LogP contribution >= 0.6 is 11.6 Å². The van der Waals surface area contributed by atoms with Gasteiger partial charge >= 0.3 is 0 Å². The van der Waals surface area contributed by atoms with E-state index >= 15 is 0 Å². The number of aliphatic imine (C=N–C) groups is 1. The lowest BCUT2D eigenvalue weighted by Gasteiger charge is -2.19. The van der Waals surface area contributed by atoms with Crippen molar-refractivity contribution in [3.05, 3.63) is 28.8 Å². The number of rotatable bonds is 9. The molecule has 25 heavy (non-hydrogen) atoms. The molecule has 2 N–H and O–H groups in total. The first-order valence-electron chi connectivity index (χ1n) is 8.67. The van der Waals surface area contributed by atoms with E-state index in [-0.39, 0.29) is 5.91 Å². The Balaban J connectivity index is 2.64. The zero-order chi connectivity index (χ0) is 18.7. The van der Waals surface area contributed by atoms with Gasteiger partial charge < -0.3 is 20.3 Å². The SMILES string of the molecule is CCNC(=NCc1ccc(Cl)cc1OC)NCCC(=O)N(CC)CC. The number of nitrogens with one attached hydrogen (secondary N) is 2. The highest BCUT2D eigenvalue weighted by Crippen LogP contribution is 2.23. The van der Waals surface area contributed by atoms with Crippen LogP contribution in [0.15, 0.2) is 23.2 Å². The molecule has 0 aliphatic heterocycles. The summed E-state index contributed by atoms with van der Waals surface area (Å²) in [6.45, 7) is 9.19. The molecule has 0 aromatic heterocycles. The molecule has 1 rings (SSSR count). The van der Waals surface area contributed by atoms with Crippen LogP contribution < -0.4 is 15.4 Å². The Morgan fingerprint density at radius 1 is 1.24 bits per heavy atom. The minimum absolute atomic E-state index is 0.146. The predicted molar refractivity (Wildman–Crippen MR) is 103 cm³/mol. The summed E-state index contributed by atoms with van der Waals surface area (Å²) in [5, 5.41) is 7.01. The average Bonchev–Trinajstić information content (AvgIpc) is 2.61. The summed E-state index contributed by atoms with van der Waals surface area (Å²) in [6.07, 6.45) is 0.441. The summed E-state index contributed by atoms with van der Waals surface area (Å²) >= 11 is 5.98. The van der Waals surface area contributed by atoms with Crippen molar-refractivity contribution in [1.29, 1.82) is 0 Å². The van der Waals surface area contributed by atoms with Gasteiger partial charge in [-0.1, -0.05) is 17.7 Å². The van der Waals surface area contributed by atoms with Crippen molar-refractivity contribution in [2.75, 3.05) is 33.3 Å². The number of hydrogen-bond acceptors (Lipinski definition) is 3. The number of amides is 1. The van der Waals surface area contributed by atoms with Crippen LogP contribution in [0.1, 0.15) is 32.8 Å². The number of nitrogens with zero attached hydrogens (tertiary/aromatic N) is 2. The molecule has 140 valence electrons. The van der Waals surface area contributed by atoms with Gasteiger partial charge in [-0.15, -0.1) is 0 Å². The van der Waals surface area contributed by atoms with E-state index in [0.29, 0.717) is 36.2 Å². The van der Waals surface area contributed by atoms with Crippen molar-refractivity contribution in [3.63, 3.8) is 0 Å². The molecule has 1 aromatic carbocycles. The van der Waals surface area contributed by atoms with Crippen LogP contribution in [0, 0.1) is 0 Å². The Labute approximate surface area is 155 Å². The molecule has 1 amide bonds. The monoisotopic (exact) mass is 368 g/mol. The predicted octanol–water partition coefficient (Wildman–Crippen LogP) is 2.66. The van der Waals surface area contributed by atoms with Gasteiger partial charge in [0.1, 0.15) is 5.75 Å². The highest BCUT2D eigenvalue weighted by molar-refractivity contribution is 6.30. The molecule has 0 fully saturated rings. The second kappa shape index (κ2) is 11.6. The number of carbonyl (C=O) groups is 1. The number of ether oxygens (including phenoxy) is 1. The van der Waals surface area contributed by atoms with Crippen LogP contribution in [-0.4, -0.2) is 50.1 Å². The summed E-state index contributed by atoms with van der Waals surface area (Å²) < 4.78 is 5.34. The maximum Gasteiger partial charge on any atom is 0.224 e. The van der Waals surface area contributed by atoms with E-state index in [1.807, 2.05) is 37.8 Å². The molecule has 1 aromatic rings. The number of halogens is 1. The van der Waals surface area contributed by atoms with Crippen molar-refractivity contribution in [1.82, 2.24) is 15.5 Å². The summed E-state index contributed by atoms with van der Waals surface area (Å²) in [5.41, 5.74) is 0.948. The first kappa shape index (κ1) is 21.1. The molecule has 0 unspecified atom stereocenters. The fourth-order valence-electron chi connectivity index (χ4n) is 2.38. The molecule has 0 saturated carbocycles. The van der Waals surface area contributed by atoms with Gasteiger partial charge in [0, 0.05) is 43.2 Å². The molecule has 0 atom stereocenters. The van der Waals surface area contributed by atoms with E-state index in [9.17, 15) is 4.79 Å². The van der Waals surface area contributed by atoms with Gasteiger partial charge in [0.25, 0.3) is 0 Å². The molecule has 0 heterocycles. The molecule has 0 radical (unpaired) electrons. The Bertz CT molecular complexity index is 574. The average molecular weight is 369 g/mol. The first-order chi connectivity index (χ1) is 12.0. The molecule has 0 saturated heterocycles. The standard InChI is InChI=1S/C18H29ClN4O2/c1-5-20-18(21-11-10-17(24)23(6-2)7-3)22-13-14-8-9-15(19)12-16(14)25-4/h8-9,12H,5-7,10-11,13H2,1-4H3,(H2,20,21,22). The summed E-state index contributed by atoms with van der Waals surface area (Å²) in [6, 6.07) is 5.49. The van der Waals surface area contributed by atoms with Crippen LogP contribution in [0.25, 0.3) is 0 Å². The third kappa shape index (κ3) is 7.22. The lowest BCUT2D eigenvalue weighted by Crippen LogP contribution is -2.40. The number of hydrogen-bond donors (Lipinski definition) is 2. The molecular weight excluding hydrogens is 340 g/mol. The number of carbonyl (C=O) groups excluding carboxylic acids is 1. The normalized spacial score (nSPS) is 11.2. The summed E-state index contributed by atoms with van der Waals surface area (Å²) in [4.78, 5) is 18.4. The number of methoxy groups -OCH3 is 1. The van der Waals surface area contributed by atoms with E-state index in [1.54, 1.807) is 13.2 Å². The second-order valence-corrected chi connectivity index (χ2v) is 5.83. The van der Waals surface area contributed by atoms with Gasteiger partial charge in [-0.3, -0.25) is 4.79 Å². The third-order valence-corrected chi connectivity index (χ3v) is 3.98. The zero-order valence-electron chi connectivity index (χ0n) is 15.6. The lowest BCUT2D eigenvalue weighted by atomic mass is 10.2. The Hall–Kier alpha value is -1.95. The van der Waals surface area contributed by atoms with Gasteiger partial charge in [0.15, 0.2) is 5.96 Å². The molecular formula is C18H29ClN4O2. The lowest BCUT2D eigenvalue weighted by molar-refractivity contribution is -0.130. The van der Waals surface area contributed by atoms with Crippen molar-refractivity contribution in [2.24, 2.45) is 4.99 Å². The Morgan fingerprint density at radius 3 is 2.56 bits per heavy atom. The minimum atomic E-state index is 0.146. The summed E-state index contributed by atoms with van der Waals surface area (Å²) in [7, 11) is 1.61. The van der Waals surface area contributed by atoms with Gasteiger partial charge in [-0.2, -0.15) is 0 Å². The molecule has 6 nitrogen and oxygen atoms in total. The van der Waals surface area contributed by atoms with Crippen molar-refractivity contribution < 1.29 is 9.53 Å². The minimum Gasteiger partial charge on any atom is -0.496 e. The van der Waals surface area contributed by atoms with Gasteiger partial charge in [0.05, 0.1) is 13.7 Å². The summed E-state index contributed by atoms with van der Waals surface area (Å²) in [5.74, 6) is 1.53. The molecule has 0 aliphatic carbocycles. The van der Waals surface area contributed by atoms with Crippen LogP contribution in [0.4, 0.5) is 0 Å². The molecule has 0 spiro atoms. The zero-order valence-corrected chi connectivity index (χ0v) is 16.3. The van der Waals surface area contributed by atoms with Gasteiger partial charge in [-0.25, -0.2) is 4.99 Å². The van der Waals surface area contributed by atoms with Crippen LogP contribution in [0.3, 0.4) is 0 Å².